The van der Waals surface area contributed by atoms with E-state index in [1.165, 1.54) is 44.9 Å². The maximum Gasteiger partial charge on any atom is 0.387 e. The lowest BCUT2D eigenvalue weighted by Crippen LogP contribution is -2.30. The van der Waals surface area contributed by atoms with E-state index >= 15 is 0 Å². The van der Waals surface area contributed by atoms with Crippen molar-refractivity contribution in [3.8, 4) is 11.5 Å². The van der Waals surface area contributed by atoms with Crippen molar-refractivity contribution in [2.24, 2.45) is 0 Å². The minimum atomic E-state index is -2.92. The van der Waals surface area contributed by atoms with Crippen LogP contribution in [0.15, 0.2) is 24.3 Å². The van der Waals surface area contributed by atoms with Gasteiger partial charge in [-0.05, 0) is 62.7 Å². The summed E-state index contributed by atoms with van der Waals surface area (Å²) in [7, 11) is 1.37. The van der Waals surface area contributed by atoms with Crippen molar-refractivity contribution in [2.45, 2.75) is 38.7 Å². The largest absolute Gasteiger partial charge is 0.493 e. The van der Waals surface area contributed by atoms with Crippen molar-refractivity contribution in [1.29, 1.82) is 0 Å². The lowest BCUT2D eigenvalue weighted by Gasteiger charge is -2.19. The van der Waals surface area contributed by atoms with Crippen LogP contribution in [0.3, 0.4) is 0 Å². The number of nitrogens with one attached hydrogen (secondary N) is 1. The molecule has 0 spiro atoms. The van der Waals surface area contributed by atoms with Crippen LogP contribution >= 0.6 is 0 Å². The molecule has 1 aromatic rings. The fraction of sp³-hybridized carbons (Fsp3) is 0.550. The second kappa shape index (κ2) is 11.5. The van der Waals surface area contributed by atoms with Gasteiger partial charge in [0.2, 0.25) is 5.91 Å². The van der Waals surface area contributed by atoms with Gasteiger partial charge in [-0.2, -0.15) is 8.78 Å². The Morgan fingerprint density at radius 3 is 2.63 bits per heavy atom. The Balaban J connectivity index is 1.75. The zero-order valence-corrected chi connectivity index (χ0v) is 15.8. The van der Waals surface area contributed by atoms with Gasteiger partial charge in [-0.1, -0.05) is 18.9 Å². The van der Waals surface area contributed by atoms with E-state index in [0.717, 1.165) is 26.1 Å². The first-order valence-electron chi connectivity index (χ1n) is 9.39. The van der Waals surface area contributed by atoms with Crippen LogP contribution in [0.25, 0.3) is 6.08 Å². The Kier molecular flexibility index (Phi) is 9.04. The fourth-order valence-electron chi connectivity index (χ4n) is 3.09. The molecule has 0 atom stereocenters. The number of nitrogens with zero attached hydrogens (tertiary/aromatic N) is 1. The van der Waals surface area contributed by atoms with Crippen molar-refractivity contribution in [3.63, 3.8) is 0 Å². The monoisotopic (exact) mass is 382 g/mol. The summed E-state index contributed by atoms with van der Waals surface area (Å²) in [5.74, 6) is -0.0318. The van der Waals surface area contributed by atoms with Crippen LogP contribution in [0.5, 0.6) is 11.5 Å². The molecular formula is C20H28F2N2O3. The topological polar surface area (TPSA) is 50.8 Å². The third-order valence-electron chi connectivity index (χ3n) is 4.48. The lowest BCUT2D eigenvalue weighted by atomic mass is 10.2. The highest BCUT2D eigenvalue weighted by Crippen LogP contribution is 2.29. The lowest BCUT2D eigenvalue weighted by molar-refractivity contribution is -0.116. The second-order valence-electron chi connectivity index (χ2n) is 6.52. The molecule has 1 heterocycles. The maximum atomic E-state index is 12.3. The summed E-state index contributed by atoms with van der Waals surface area (Å²) in [6, 6.07) is 4.52. The van der Waals surface area contributed by atoms with Gasteiger partial charge in [-0.25, -0.2) is 0 Å². The summed E-state index contributed by atoms with van der Waals surface area (Å²) in [5, 5.41) is 2.87. The number of carbonyl (C=O) groups excluding carboxylic acids is 1. The Labute approximate surface area is 159 Å². The minimum absolute atomic E-state index is 0.0392. The van der Waals surface area contributed by atoms with Gasteiger partial charge in [0.05, 0.1) is 7.11 Å². The summed E-state index contributed by atoms with van der Waals surface area (Å²) in [6.07, 6.45) is 9.12. The normalized spacial score (nSPS) is 15.7. The first-order valence-corrected chi connectivity index (χ1v) is 9.39. The molecule has 150 valence electrons. The third kappa shape index (κ3) is 7.95. The minimum Gasteiger partial charge on any atom is -0.493 e. The van der Waals surface area contributed by atoms with Gasteiger partial charge in [0, 0.05) is 12.6 Å². The maximum absolute atomic E-state index is 12.3. The van der Waals surface area contributed by atoms with E-state index in [1.807, 2.05) is 0 Å². The molecule has 27 heavy (non-hydrogen) atoms. The van der Waals surface area contributed by atoms with E-state index in [4.69, 9.17) is 4.74 Å². The summed E-state index contributed by atoms with van der Waals surface area (Å²) < 4.78 is 34.1. The van der Waals surface area contributed by atoms with E-state index in [-0.39, 0.29) is 17.4 Å². The summed E-state index contributed by atoms with van der Waals surface area (Å²) in [5.41, 5.74) is 0.660. The SMILES string of the molecule is COc1cc(/C=C/C(=O)NCCCN2CCCCCC2)ccc1OC(F)F. The molecule has 1 aromatic carbocycles. The van der Waals surface area contributed by atoms with Crippen molar-refractivity contribution in [3.05, 3.63) is 29.8 Å². The molecule has 1 aliphatic heterocycles. The van der Waals surface area contributed by atoms with Gasteiger partial charge in [-0.3, -0.25) is 4.79 Å². The number of hydrogen-bond donors (Lipinski definition) is 1. The van der Waals surface area contributed by atoms with E-state index in [2.05, 4.69) is 15.0 Å². The van der Waals surface area contributed by atoms with Crippen LogP contribution in [0, 0.1) is 0 Å². The standard InChI is InChI=1S/C20H28F2N2O3/c1-26-18-15-16(7-9-17(18)27-20(21)22)8-10-19(25)23-11-6-14-24-12-4-2-3-5-13-24/h7-10,15,20H,2-6,11-14H2,1H3,(H,23,25)/b10-8+. The molecule has 5 nitrogen and oxygen atoms in total. The van der Waals surface area contributed by atoms with Crippen molar-refractivity contribution in [1.82, 2.24) is 10.2 Å². The number of amides is 1. The van der Waals surface area contributed by atoms with Gasteiger partial charge in [0.25, 0.3) is 0 Å². The number of methoxy groups -OCH3 is 1. The highest BCUT2D eigenvalue weighted by atomic mass is 19.3. The van der Waals surface area contributed by atoms with E-state index in [1.54, 1.807) is 18.2 Å². The molecule has 0 radical (unpaired) electrons. The zero-order valence-electron chi connectivity index (χ0n) is 15.8. The average molecular weight is 382 g/mol. The number of halogens is 2. The molecule has 1 amide bonds. The summed E-state index contributed by atoms with van der Waals surface area (Å²) >= 11 is 0. The summed E-state index contributed by atoms with van der Waals surface area (Å²) in [4.78, 5) is 14.4. The molecule has 0 aromatic heterocycles. The highest BCUT2D eigenvalue weighted by Gasteiger charge is 2.11. The van der Waals surface area contributed by atoms with Crippen molar-refractivity contribution < 1.29 is 23.0 Å². The number of hydrogen-bond acceptors (Lipinski definition) is 4. The van der Waals surface area contributed by atoms with E-state index in [0.29, 0.717) is 12.1 Å². The molecule has 0 saturated carbocycles. The zero-order chi connectivity index (χ0) is 19.5. The van der Waals surface area contributed by atoms with E-state index in [9.17, 15) is 13.6 Å². The van der Waals surface area contributed by atoms with Crippen LogP contribution in [-0.2, 0) is 4.79 Å². The number of alkyl halides is 2. The van der Waals surface area contributed by atoms with Crippen molar-refractivity contribution >= 4 is 12.0 Å². The average Bonchev–Trinajstić information content (AvgIpc) is 2.92. The number of ether oxygens (including phenoxy) is 2. The molecule has 2 rings (SSSR count). The third-order valence-corrected chi connectivity index (χ3v) is 4.48. The van der Waals surface area contributed by atoms with Crippen LogP contribution in [0.4, 0.5) is 8.78 Å². The van der Waals surface area contributed by atoms with Crippen LogP contribution in [0.2, 0.25) is 0 Å². The van der Waals surface area contributed by atoms with Gasteiger partial charge >= 0.3 is 6.61 Å². The summed E-state index contributed by atoms with van der Waals surface area (Å²) in [6.45, 7) is 1.03. The predicted octanol–water partition coefficient (Wildman–Crippen LogP) is 3.69. The van der Waals surface area contributed by atoms with Gasteiger partial charge in [0.1, 0.15) is 0 Å². The Hall–Kier alpha value is -2.15. The molecule has 1 saturated heterocycles. The predicted molar refractivity (Wildman–Crippen MR) is 101 cm³/mol. The van der Waals surface area contributed by atoms with Gasteiger partial charge in [-0.15, -0.1) is 0 Å². The second-order valence-corrected chi connectivity index (χ2v) is 6.52. The molecule has 0 unspecified atom stereocenters. The quantitative estimate of drug-likeness (QED) is 0.523. The van der Waals surface area contributed by atoms with Gasteiger partial charge in [0.15, 0.2) is 11.5 Å². The first kappa shape index (κ1) is 21.2. The molecule has 7 heteroatoms. The first-order chi connectivity index (χ1) is 13.1. The van der Waals surface area contributed by atoms with Crippen molar-refractivity contribution in [2.75, 3.05) is 33.3 Å². The van der Waals surface area contributed by atoms with E-state index < -0.39 is 6.61 Å². The van der Waals surface area contributed by atoms with Crippen LogP contribution in [-0.4, -0.2) is 50.7 Å². The smallest absolute Gasteiger partial charge is 0.387 e. The number of benzene rings is 1. The molecule has 0 aliphatic carbocycles. The van der Waals surface area contributed by atoms with Gasteiger partial charge < -0.3 is 19.7 Å². The Morgan fingerprint density at radius 1 is 1.22 bits per heavy atom. The Bertz CT molecular complexity index is 615. The number of rotatable bonds is 9. The highest BCUT2D eigenvalue weighted by molar-refractivity contribution is 5.91. The molecule has 0 bridgehead atoms. The number of carbonyl (C=O) groups is 1. The number of likely N-dealkylation sites (tertiary alicyclic amines) is 1. The van der Waals surface area contributed by atoms with Crippen LogP contribution < -0.4 is 14.8 Å². The fourth-order valence-corrected chi connectivity index (χ4v) is 3.09. The molecular weight excluding hydrogens is 354 g/mol. The van der Waals surface area contributed by atoms with Crippen LogP contribution in [0.1, 0.15) is 37.7 Å². The molecule has 1 fully saturated rings. The Morgan fingerprint density at radius 2 is 1.96 bits per heavy atom. The molecule has 1 N–H and O–H groups in total. The molecule has 1 aliphatic rings.